The smallest absolute Gasteiger partial charge is 0.239 e. The van der Waals surface area contributed by atoms with Gasteiger partial charge in [-0.2, -0.15) is 0 Å². The van der Waals surface area contributed by atoms with Gasteiger partial charge in [0.05, 0.1) is 25.5 Å². The zero-order valence-electron chi connectivity index (χ0n) is 17.3. The Hall–Kier alpha value is -2.54. The number of rotatable bonds is 8. The fourth-order valence-electron chi connectivity index (χ4n) is 4.30. The van der Waals surface area contributed by atoms with Crippen molar-refractivity contribution in [2.24, 2.45) is 0 Å². The minimum absolute atomic E-state index is 0.0778. The lowest BCUT2D eigenvalue weighted by Crippen LogP contribution is -2.58. The predicted octanol–water partition coefficient (Wildman–Crippen LogP) is 2.56. The number of hydrogen-bond donors (Lipinski definition) is 0. The van der Waals surface area contributed by atoms with Gasteiger partial charge in [-0.05, 0) is 44.4 Å². The summed E-state index contributed by atoms with van der Waals surface area (Å²) in [5, 5.41) is 0. The zero-order valence-corrected chi connectivity index (χ0v) is 17.3. The van der Waals surface area contributed by atoms with E-state index in [-0.39, 0.29) is 11.9 Å². The Bertz CT molecular complexity index is 823. The second kappa shape index (κ2) is 8.86. The molecular weight excluding hydrogens is 368 g/mol. The molecule has 2 fully saturated rings. The van der Waals surface area contributed by atoms with Crippen LogP contribution in [0.4, 0.5) is 0 Å². The molecule has 0 unspecified atom stereocenters. The lowest BCUT2D eigenvalue weighted by Gasteiger charge is -2.41. The van der Waals surface area contributed by atoms with Crippen molar-refractivity contribution in [3.63, 3.8) is 0 Å². The Balaban J connectivity index is 1.42. The number of benzene rings is 1. The zero-order chi connectivity index (χ0) is 20.2. The molecule has 0 radical (unpaired) electrons. The van der Waals surface area contributed by atoms with Crippen molar-refractivity contribution >= 4 is 5.91 Å². The number of imidazole rings is 1. The maximum atomic E-state index is 12.7. The van der Waals surface area contributed by atoms with Crippen LogP contribution < -0.4 is 9.47 Å². The standard InChI is InChI=1S/C22H30N4O3/c1-3-28-21-13-18(6-7-20(21)29-12-11-24-10-8-23-16-24)14-25-15-19-5-4-9-26(19)22(27)17(25)2/h6-8,10,13,16-17,19H,3-5,9,11-12,14-15H2,1-2H3/t17-,19-/m0/s1. The van der Waals surface area contributed by atoms with Crippen LogP contribution >= 0.6 is 0 Å². The second-order valence-corrected chi connectivity index (χ2v) is 7.80. The molecule has 156 valence electrons. The van der Waals surface area contributed by atoms with E-state index in [1.165, 1.54) is 0 Å². The van der Waals surface area contributed by atoms with Gasteiger partial charge < -0.3 is 18.9 Å². The third-order valence-corrected chi connectivity index (χ3v) is 5.87. The number of ether oxygens (including phenoxy) is 2. The fourth-order valence-corrected chi connectivity index (χ4v) is 4.30. The maximum Gasteiger partial charge on any atom is 0.239 e. The van der Waals surface area contributed by atoms with Crippen molar-refractivity contribution in [3.05, 3.63) is 42.5 Å². The van der Waals surface area contributed by atoms with Gasteiger partial charge in [0, 0.05) is 38.1 Å². The Morgan fingerprint density at radius 2 is 2.14 bits per heavy atom. The molecule has 0 N–H and O–H groups in total. The molecule has 1 aromatic heterocycles. The molecule has 1 aromatic carbocycles. The van der Waals surface area contributed by atoms with Crippen LogP contribution in [0, 0.1) is 0 Å². The summed E-state index contributed by atoms with van der Waals surface area (Å²) in [5.41, 5.74) is 1.14. The van der Waals surface area contributed by atoms with Gasteiger partial charge in [-0.1, -0.05) is 6.07 Å². The van der Waals surface area contributed by atoms with E-state index in [1.807, 2.05) is 36.7 Å². The Kier molecular flexibility index (Phi) is 6.04. The molecule has 2 aromatic rings. The molecule has 7 heteroatoms. The van der Waals surface area contributed by atoms with Gasteiger partial charge in [-0.25, -0.2) is 4.98 Å². The van der Waals surface area contributed by atoms with Crippen molar-refractivity contribution in [1.82, 2.24) is 19.4 Å². The lowest BCUT2D eigenvalue weighted by atomic mass is 10.1. The number of piperazine rings is 1. The van der Waals surface area contributed by atoms with Crippen LogP contribution in [0.25, 0.3) is 0 Å². The number of fused-ring (bicyclic) bond motifs is 1. The van der Waals surface area contributed by atoms with Gasteiger partial charge in [-0.15, -0.1) is 0 Å². The van der Waals surface area contributed by atoms with E-state index in [4.69, 9.17) is 9.47 Å². The van der Waals surface area contributed by atoms with Gasteiger partial charge >= 0.3 is 0 Å². The highest BCUT2D eigenvalue weighted by molar-refractivity contribution is 5.83. The van der Waals surface area contributed by atoms with Crippen LogP contribution in [0.2, 0.25) is 0 Å². The maximum absolute atomic E-state index is 12.7. The van der Waals surface area contributed by atoms with Gasteiger partial charge in [-0.3, -0.25) is 9.69 Å². The predicted molar refractivity (Wildman–Crippen MR) is 110 cm³/mol. The number of aromatic nitrogens is 2. The summed E-state index contributed by atoms with van der Waals surface area (Å²) >= 11 is 0. The van der Waals surface area contributed by atoms with E-state index >= 15 is 0 Å². The van der Waals surface area contributed by atoms with Gasteiger partial charge in [0.1, 0.15) is 6.61 Å². The molecule has 0 spiro atoms. The van der Waals surface area contributed by atoms with Gasteiger partial charge in [0.2, 0.25) is 5.91 Å². The summed E-state index contributed by atoms with van der Waals surface area (Å²) < 4.78 is 13.8. The lowest BCUT2D eigenvalue weighted by molar-refractivity contribution is -0.143. The van der Waals surface area contributed by atoms with Crippen LogP contribution in [0.3, 0.4) is 0 Å². The number of nitrogens with zero attached hydrogens (tertiary/aromatic N) is 4. The summed E-state index contributed by atoms with van der Waals surface area (Å²) in [4.78, 5) is 21.1. The molecule has 2 aliphatic rings. The van der Waals surface area contributed by atoms with Crippen molar-refractivity contribution in [3.8, 4) is 11.5 Å². The molecule has 2 saturated heterocycles. The van der Waals surface area contributed by atoms with Crippen molar-refractivity contribution in [1.29, 1.82) is 0 Å². The number of carbonyl (C=O) groups is 1. The first-order valence-corrected chi connectivity index (χ1v) is 10.5. The highest BCUT2D eigenvalue weighted by Gasteiger charge is 2.40. The van der Waals surface area contributed by atoms with E-state index in [0.717, 1.165) is 56.1 Å². The summed E-state index contributed by atoms with van der Waals surface area (Å²) in [6.45, 7) is 8.46. The van der Waals surface area contributed by atoms with Gasteiger partial charge in [0.25, 0.3) is 0 Å². The quantitative estimate of drug-likeness (QED) is 0.684. The largest absolute Gasteiger partial charge is 0.490 e. The Labute approximate surface area is 172 Å². The molecule has 0 bridgehead atoms. The SMILES string of the molecule is CCOc1cc(CN2C[C@@H]3CCCN3C(=O)[C@@H]2C)ccc1OCCn1ccnc1. The topological polar surface area (TPSA) is 59.8 Å². The average Bonchev–Trinajstić information content (AvgIpc) is 3.40. The van der Waals surface area contributed by atoms with Gasteiger partial charge in [0.15, 0.2) is 11.5 Å². The molecule has 4 rings (SSSR count). The highest BCUT2D eigenvalue weighted by Crippen LogP contribution is 2.31. The van der Waals surface area contributed by atoms with Crippen molar-refractivity contribution in [2.75, 3.05) is 26.3 Å². The van der Waals surface area contributed by atoms with Crippen LogP contribution in [-0.2, 0) is 17.9 Å². The van der Waals surface area contributed by atoms with Crippen LogP contribution in [-0.4, -0.2) is 63.6 Å². The molecule has 3 heterocycles. The summed E-state index contributed by atoms with van der Waals surface area (Å²) in [6, 6.07) is 6.40. The first kappa shape index (κ1) is 19.8. The molecule has 7 nitrogen and oxygen atoms in total. The Morgan fingerprint density at radius 3 is 2.93 bits per heavy atom. The molecule has 2 atom stereocenters. The van der Waals surface area contributed by atoms with Crippen molar-refractivity contribution in [2.45, 2.75) is 51.9 Å². The van der Waals surface area contributed by atoms with E-state index in [9.17, 15) is 4.79 Å². The number of amides is 1. The second-order valence-electron chi connectivity index (χ2n) is 7.80. The summed E-state index contributed by atoms with van der Waals surface area (Å²) in [5.74, 6) is 1.78. The Morgan fingerprint density at radius 1 is 1.24 bits per heavy atom. The molecule has 0 saturated carbocycles. The highest BCUT2D eigenvalue weighted by atomic mass is 16.5. The average molecular weight is 399 g/mol. The van der Waals surface area contributed by atoms with E-state index in [0.29, 0.717) is 19.3 Å². The summed E-state index contributed by atoms with van der Waals surface area (Å²) in [6.07, 6.45) is 7.70. The monoisotopic (exact) mass is 398 g/mol. The first-order chi connectivity index (χ1) is 14.2. The van der Waals surface area contributed by atoms with E-state index in [1.54, 1.807) is 12.5 Å². The third-order valence-electron chi connectivity index (χ3n) is 5.87. The van der Waals surface area contributed by atoms with E-state index < -0.39 is 0 Å². The molecule has 1 amide bonds. The molecular formula is C22H30N4O3. The van der Waals surface area contributed by atoms with E-state index in [2.05, 4.69) is 20.9 Å². The first-order valence-electron chi connectivity index (χ1n) is 10.5. The fraction of sp³-hybridized carbons (Fsp3) is 0.545. The molecule has 0 aliphatic carbocycles. The normalized spacial score (nSPS) is 22.0. The molecule has 29 heavy (non-hydrogen) atoms. The molecule has 2 aliphatic heterocycles. The van der Waals surface area contributed by atoms with Crippen molar-refractivity contribution < 1.29 is 14.3 Å². The third kappa shape index (κ3) is 4.40. The van der Waals surface area contributed by atoms with Crippen LogP contribution in [0.5, 0.6) is 11.5 Å². The minimum atomic E-state index is -0.0778. The van der Waals surface area contributed by atoms with Crippen LogP contribution in [0.15, 0.2) is 36.9 Å². The number of carbonyl (C=O) groups excluding carboxylic acids is 1. The number of hydrogen-bond acceptors (Lipinski definition) is 5. The van der Waals surface area contributed by atoms with Crippen LogP contribution in [0.1, 0.15) is 32.3 Å². The summed E-state index contributed by atoms with van der Waals surface area (Å²) in [7, 11) is 0. The minimum Gasteiger partial charge on any atom is -0.490 e.